The van der Waals surface area contributed by atoms with Gasteiger partial charge in [-0.2, -0.15) is 0 Å². The van der Waals surface area contributed by atoms with E-state index < -0.39 is 11.9 Å². The molecule has 0 fully saturated rings. The zero-order valence-corrected chi connectivity index (χ0v) is 12.1. The molecule has 1 aromatic rings. The van der Waals surface area contributed by atoms with Gasteiger partial charge in [-0.15, -0.1) is 0 Å². The third-order valence-corrected chi connectivity index (χ3v) is 3.53. The van der Waals surface area contributed by atoms with Crippen molar-refractivity contribution in [3.8, 4) is 0 Å². The van der Waals surface area contributed by atoms with E-state index in [-0.39, 0.29) is 11.1 Å². The predicted molar refractivity (Wildman–Crippen MR) is 77.6 cm³/mol. The monoisotopic (exact) mass is 278 g/mol. The Balaban J connectivity index is 3.15. The molecule has 2 N–H and O–H groups in total. The maximum atomic E-state index is 11.3. The highest BCUT2D eigenvalue weighted by molar-refractivity contribution is 5.95. The van der Waals surface area contributed by atoms with Gasteiger partial charge in [-0.1, -0.05) is 33.1 Å². The first-order chi connectivity index (χ1) is 9.52. The average molecular weight is 278 g/mol. The fourth-order valence-corrected chi connectivity index (χ4v) is 2.51. The van der Waals surface area contributed by atoms with Crippen LogP contribution in [0.1, 0.15) is 71.4 Å². The van der Waals surface area contributed by atoms with E-state index in [1.54, 1.807) is 0 Å². The molecule has 110 valence electrons. The van der Waals surface area contributed by atoms with Crippen molar-refractivity contribution in [2.75, 3.05) is 0 Å². The summed E-state index contributed by atoms with van der Waals surface area (Å²) >= 11 is 0. The van der Waals surface area contributed by atoms with Crippen LogP contribution < -0.4 is 0 Å². The van der Waals surface area contributed by atoms with Gasteiger partial charge in [-0.3, -0.25) is 0 Å². The van der Waals surface area contributed by atoms with Crippen LogP contribution in [0, 0.1) is 0 Å². The number of aromatic carboxylic acids is 2. The largest absolute Gasteiger partial charge is 0.478 e. The number of hydrogen-bond donors (Lipinski definition) is 2. The number of carboxylic acids is 2. The van der Waals surface area contributed by atoms with Gasteiger partial charge in [0.1, 0.15) is 0 Å². The van der Waals surface area contributed by atoms with Gasteiger partial charge >= 0.3 is 11.9 Å². The highest BCUT2D eigenvalue weighted by atomic mass is 16.4. The molecular weight excluding hydrogens is 256 g/mol. The molecule has 0 aliphatic carbocycles. The van der Waals surface area contributed by atoms with Crippen LogP contribution in [0.2, 0.25) is 0 Å². The van der Waals surface area contributed by atoms with Crippen molar-refractivity contribution >= 4 is 11.9 Å². The SMILES string of the molecule is CCCCCCc1c(C(=O)O)ccc(C(=O)O)c1CC. The van der Waals surface area contributed by atoms with Gasteiger partial charge in [0.05, 0.1) is 11.1 Å². The second-order valence-corrected chi connectivity index (χ2v) is 4.89. The van der Waals surface area contributed by atoms with Gasteiger partial charge in [0.15, 0.2) is 0 Å². The third kappa shape index (κ3) is 3.83. The maximum Gasteiger partial charge on any atom is 0.335 e. The predicted octanol–water partition coefficient (Wildman–Crippen LogP) is 3.77. The Hall–Kier alpha value is -1.84. The molecule has 0 bridgehead atoms. The highest BCUT2D eigenvalue weighted by Gasteiger charge is 2.19. The first-order valence-electron chi connectivity index (χ1n) is 7.14. The lowest BCUT2D eigenvalue weighted by molar-refractivity contribution is 0.0679. The molecule has 1 rings (SSSR count). The summed E-state index contributed by atoms with van der Waals surface area (Å²) in [4.78, 5) is 22.6. The topological polar surface area (TPSA) is 74.6 Å². The van der Waals surface area contributed by atoms with Gasteiger partial charge in [0.2, 0.25) is 0 Å². The minimum atomic E-state index is -0.992. The Morgan fingerprint density at radius 3 is 1.90 bits per heavy atom. The zero-order valence-electron chi connectivity index (χ0n) is 12.1. The van der Waals surface area contributed by atoms with Crippen LogP contribution in [0.4, 0.5) is 0 Å². The van der Waals surface area contributed by atoms with Gasteiger partial charge in [0.25, 0.3) is 0 Å². The summed E-state index contributed by atoms with van der Waals surface area (Å²) < 4.78 is 0. The number of hydrogen-bond acceptors (Lipinski definition) is 2. The van der Waals surface area contributed by atoms with Crippen LogP contribution in [0.25, 0.3) is 0 Å². The van der Waals surface area contributed by atoms with Gasteiger partial charge in [-0.25, -0.2) is 9.59 Å². The molecule has 0 saturated carbocycles. The minimum Gasteiger partial charge on any atom is -0.478 e. The molecule has 0 radical (unpaired) electrons. The fraction of sp³-hybridized carbons (Fsp3) is 0.500. The zero-order chi connectivity index (χ0) is 15.1. The molecule has 0 aliphatic rings. The Morgan fingerprint density at radius 1 is 0.900 bits per heavy atom. The minimum absolute atomic E-state index is 0.225. The van der Waals surface area contributed by atoms with Crippen molar-refractivity contribution in [3.63, 3.8) is 0 Å². The lowest BCUT2D eigenvalue weighted by Crippen LogP contribution is -2.11. The van der Waals surface area contributed by atoms with Crippen molar-refractivity contribution in [2.45, 2.75) is 52.4 Å². The maximum absolute atomic E-state index is 11.3. The molecule has 20 heavy (non-hydrogen) atoms. The lowest BCUT2D eigenvalue weighted by Gasteiger charge is -2.14. The number of unbranched alkanes of at least 4 members (excludes halogenated alkanes) is 3. The molecule has 0 aliphatic heterocycles. The molecule has 4 heteroatoms. The molecule has 0 atom stereocenters. The van der Waals surface area contributed by atoms with E-state index in [0.29, 0.717) is 24.0 Å². The van der Waals surface area contributed by atoms with Crippen LogP contribution in [-0.4, -0.2) is 22.2 Å². The van der Waals surface area contributed by atoms with E-state index in [1.807, 2.05) is 6.92 Å². The summed E-state index contributed by atoms with van der Waals surface area (Å²) in [5.41, 5.74) is 1.82. The Morgan fingerprint density at radius 2 is 1.45 bits per heavy atom. The van der Waals surface area contributed by atoms with Crippen LogP contribution in [0.3, 0.4) is 0 Å². The molecule has 0 amide bonds. The van der Waals surface area contributed by atoms with Crippen LogP contribution in [-0.2, 0) is 12.8 Å². The van der Waals surface area contributed by atoms with Crippen molar-refractivity contribution < 1.29 is 19.8 Å². The van der Waals surface area contributed by atoms with Crippen LogP contribution in [0.15, 0.2) is 12.1 Å². The van der Waals surface area contributed by atoms with Crippen LogP contribution >= 0.6 is 0 Å². The van der Waals surface area contributed by atoms with E-state index in [2.05, 4.69) is 6.92 Å². The summed E-state index contributed by atoms with van der Waals surface area (Å²) in [5, 5.41) is 18.5. The molecular formula is C16H22O4. The molecule has 4 nitrogen and oxygen atoms in total. The number of rotatable bonds is 8. The van der Waals surface area contributed by atoms with Gasteiger partial charge in [-0.05, 0) is 42.5 Å². The smallest absolute Gasteiger partial charge is 0.335 e. The van der Waals surface area contributed by atoms with E-state index in [0.717, 1.165) is 25.7 Å². The van der Waals surface area contributed by atoms with E-state index in [9.17, 15) is 19.8 Å². The molecule has 0 saturated heterocycles. The highest BCUT2D eigenvalue weighted by Crippen LogP contribution is 2.23. The Bertz CT molecular complexity index is 491. The molecule has 0 spiro atoms. The first-order valence-corrected chi connectivity index (χ1v) is 7.14. The normalized spacial score (nSPS) is 10.5. The van der Waals surface area contributed by atoms with E-state index >= 15 is 0 Å². The molecule has 0 heterocycles. The summed E-state index contributed by atoms with van der Waals surface area (Å²) in [6.45, 7) is 3.98. The average Bonchev–Trinajstić information content (AvgIpc) is 2.42. The first kappa shape index (κ1) is 16.2. The van der Waals surface area contributed by atoms with Crippen molar-refractivity contribution in [1.29, 1.82) is 0 Å². The summed E-state index contributed by atoms with van der Waals surface area (Å²) in [6, 6.07) is 2.82. The van der Waals surface area contributed by atoms with Gasteiger partial charge < -0.3 is 10.2 Å². The number of carbonyl (C=O) groups is 2. The Labute approximate surface area is 119 Å². The Kier molecular flexibility index (Phi) is 6.22. The lowest BCUT2D eigenvalue weighted by atomic mass is 9.90. The quantitative estimate of drug-likeness (QED) is 0.710. The molecule has 0 aromatic heterocycles. The standard InChI is InChI=1S/C16H22O4/c1-3-5-6-7-8-12-11(4-2)13(15(17)18)9-10-14(12)16(19)20/h9-10H,3-8H2,1-2H3,(H,17,18)(H,19,20). The third-order valence-electron chi connectivity index (χ3n) is 3.53. The second kappa shape index (κ2) is 7.68. The summed E-state index contributed by atoms with van der Waals surface area (Å²) in [5.74, 6) is -1.98. The molecule has 0 unspecified atom stereocenters. The fourth-order valence-electron chi connectivity index (χ4n) is 2.51. The van der Waals surface area contributed by atoms with E-state index in [4.69, 9.17) is 0 Å². The summed E-state index contributed by atoms with van der Waals surface area (Å²) in [6.07, 6.45) is 5.32. The molecule has 1 aromatic carbocycles. The second-order valence-electron chi connectivity index (χ2n) is 4.89. The van der Waals surface area contributed by atoms with E-state index in [1.165, 1.54) is 12.1 Å². The number of carboxylic acid groups (broad SMARTS) is 2. The number of benzene rings is 1. The van der Waals surface area contributed by atoms with Gasteiger partial charge in [0, 0.05) is 0 Å². The summed E-state index contributed by atoms with van der Waals surface area (Å²) in [7, 11) is 0. The van der Waals surface area contributed by atoms with Crippen molar-refractivity contribution in [3.05, 3.63) is 34.4 Å². The van der Waals surface area contributed by atoms with Crippen molar-refractivity contribution in [2.24, 2.45) is 0 Å². The van der Waals surface area contributed by atoms with Crippen LogP contribution in [0.5, 0.6) is 0 Å². The van der Waals surface area contributed by atoms with Crippen molar-refractivity contribution in [1.82, 2.24) is 0 Å².